The maximum Gasteiger partial charge on any atom is 0.379 e. The summed E-state index contributed by atoms with van der Waals surface area (Å²) in [6.45, 7) is 4.87. The number of ether oxygens (including phenoxy) is 1. The van der Waals surface area contributed by atoms with Crippen LogP contribution in [0.2, 0.25) is 0 Å². The molecule has 0 aliphatic rings. The van der Waals surface area contributed by atoms with Crippen molar-refractivity contribution in [3.63, 3.8) is 0 Å². The van der Waals surface area contributed by atoms with Gasteiger partial charge in [-0.2, -0.15) is 8.78 Å². The Hall–Kier alpha value is -1.49. The first-order valence-electron chi connectivity index (χ1n) is 5.69. The molecule has 0 unspecified atom stereocenters. The van der Waals surface area contributed by atoms with Gasteiger partial charge in [-0.15, -0.1) is 0 Å². The minimum absolute atomic E-state index is 0.103. The first kappa shape index (κ1) is 14.6. The minimum Gasteiger partial charge on any atom is -0.462 e. The number of alkyl halides is 2. The molecule has 0 amide bonds. The lowest BCUT2D eigenvalue weighted by Crippen LogP contribution is -2.42. The Morgan fingerprint density at radius 2 is 2.06 bits per heavy atom. The third-order valence-corrected chi connectivity index (χ3v) is 2.92. The summed E-state index contributed by atoms with van der Waals surface area (Å²) in [5, 5.41) is 0. The van der Waals surface area contributed by atoms with Crippen LogP contribution in [0.4, 0.5) is 8.78 Å². The summed E-state index contributed by atoms with van der Waals surface area (Å²) in [7, 11) is 0. The molecule has 0 radical (unpaired) electrons. The highest BCUT2D eigenvalue weighted by Crippen LogP contribution is 2.32. The van der Waals surface area contributed by atoms with Gasteiger partial charge in [-0.25, -0.2) is 4.79 Å². The van der Waals surface area contributed by atoms with Crippen LogP contribution in [0.1, 0.15) is 29.7 Å². The van der Waals surface area contributed by atoms with Gasteiger partial charge in [-0.1, -0.05) is 18.2 Å². The molecule has 2 N–H and O–H groups in total. The third-order valence-electron chi connectivity index (χ3n) is 2.92. The van der Waals surface area contributed by atoms with Crippen molar-refractivity contribution in [1.82, 2.24) is 0 Å². The van der Waals surface area contributed by atoms with E-state index in [1.54, 1.807) is 26.0 Å². The van der Waals surface area contributed by atoms with E-state index in [1.165, 1.54) is 13.0 Å². The Balaban J connectivity index is 3.09. The fourth-order valence-electron chi connectivity index (χ4n) is 1.66. The molecule has 0 aliphatic heterocycles. The molecular formula is C13H17F2NO2. The standard InChI is InChI=1S/C13H17F2NO2/c1-4-18-12(17)13(14,15)11(16)10-7-5-6-8(2)9(10)3/h5-7,11H,4,16H2,1-3H3/t11-/m0/s1. The van der Waals surface area contributed by atoms with Crippen molar-refractivity contribution >= 4 is 5.97 Å². The van der Waals surface area contributed by atoms with E-state index in [1.807, 2.05) is 0 Å². The Bertz CT molecular complexity index is 447. The van der Waals surface area contributed by atoms with Gasteiger partial charge in [0.15, 0.2) is 0 Å². The van der Waals surface area contributed by atoms with Crippen LogP contribution in [-0.2, 0) is 9.53 Å². The van der Waals surface area contributed by atoms with E-state index in [-0.39, 0.29) is 12.2 Å². The first-order valence-corrected chi connectivity index (χ1v) is 5.69. The molecule has 0 fully saturated rings. The van der Waals surface area contributed by atoms with Gasteiger partial charge in [0.05, 0.1) is 6.61 Å². The lowest BCUT2D eigenvalue weighted by molar-refractivity contribution is -0.174. The number of esters is 1. The van der Waals surface area contributed by atoms with E-state index >= 15 is 0 Å². The van der Waals surface area contributed by atoms with Crippen LogP contribution < -0.4 is 5.73 Å². The molecule has 1 aromatic rings. The molecule has 0 aromatic heterocycles. The number of halogens is 2. The molecule has 0 aliphatic carbocycles. The number of hydrogen-bond donors (Lipinski definition) is 1. The number of carbonyl (C=O) groups is 1. The number of benzene rings is 1. The van der Waals surface area contributed by atoms with Crippen LogP contribution in [0, 0.1) is 13.8 Å². The lowest BCUT2D eigenvalue weighted by atomic mass is 9.94. The number of rotatable bonds is 4. The molecule has 3 nitrogen and oxygen atoms in total. The van der Waals surface area contributed by atoms with Crippen LogP contribution in [0.15, 0.2) is 18.2 Å². The van der Waals surface area contributed by atoms with Crippen LogP contribution in [0.25, 0.3) is 0 Å². The smallest absolute Gasteiger partial charge is 0.379 e. The number of aryl methyl sites for hydroxylation is 1. The fraction of sp³-hybridized carbons (Fsp3) is 0.462. The molecule has 1 aromatic carbocycles. The van der Waals surface area contributed by atoms with Gasteiger partial charge in [0.25, 0.3) is 0 Å². The molecule has 0 bridgehead atoms. The summed E-state index contributed by atoms with van der Waals surface area (Å²) in [4.78, 5) is 11.2. The Labute approximate surface area is 105 Å². The summed E-state index contributed by atoms with van der Waals surface area (Å²) in [5.41, 5.74) is 7.29. The summed E-state index contributed by atoms with van der Waals surface area (Å²) < 4.78 is 31.9. The zero-order valence-electron chi connectivity index (χ0n) is 10.7. The normalized spacial score (nSPS) is 13.2. The van der Waals surface area contributed by atoms with Crippen LogP contribution in [-0.4, -0.2) is 18.5 Å². The number of hydrogen-bond acceptors (Lipinski definition) is 3. The second-order valence-electron chi connectivity index (χ2n) is 4.11. The molecule has 5 heteroatoms. The maximum absolute atomic E-state index is 13.8. The van der Waals surface area contributed by atoms with Gasteiger partial charge < -0.3 is 10.5 Å². The fourth-order valence-corrected chi connectivity index (χ4v) is 1.66. The SMILES string of the molecule is CCOC(=O)C(F)(F)[C@@H](N)c1cccc(C)c1C. The van der Waals surface area contributed by atoms with Gasteiger partial charge in [0, 0.05) is 0 Å². The van der Waals surface area contributed by atoms with E-state index in [9.17, 15) is 13.6 Å². The van der Waals surface area contributed by atoms with Crippen molar-refractivity contribution in [3.8, 4) is 0 Å². The van der Waals surface area contributed by atoms with Crippen molar-refractivity contribution in [2.24, 2.45) is 5.73 Å². The van der Waals surface area contributed by atoms with Crippen molar-refractivity contribution in [3.05, 3.63) is 34.9 Å². The summed E-state index contributed by atoms with van der Waals surface area (Å²) in [6, 6.07) is 3.24. The molecule has 0 saturated heterocycles. The molecule has 1 rings (SSSR count). The molecule has 18 heavy (non-hydrogen) atoms. The van der Waals surface area contributed by atoms with Gasteiger partial charge >= 0.3 is 11.9 Å². The van der Waals surface area contributed by atoms with Gasteiger partial charge in [-0.3, -0.25) is 0 Å². The lowest BCUT2D eigenvalue weighted by Gasteiger charge is -2.23. The Kier molecular flexibility index (Phi) is 4.40. The van der Waals surface area contributed by atoms with E-state index in [0.717, 1.165) is 5.56 Å². The van der Waals surface area contributed by atoms with Crippen LogP contribution in [0.5, 0.6) is 0 Å². The average molecular weight is 257 g/mol. The van der Waals surface area contributed by atoms with Crippen molar-refractivity contribution in [2.75, 3.05) is 6.61 Å². The maximum atomic E-state index is 13.8. The predicted octanol–water partition coefficient (Wildman–Crippen LogP) is 2.50. The molecule has 1 atom stereocenters. The van der Waals surface area contributed by atoms with Gasteiger partial charge in [0.1, 0.15) is 6.04 Å². The molecular weight excluding hydrogens is 240 g/mol. The first-order chi connectivity index (χ1) is 8.32. The summed E-state index contributed by atoms with van der Waals surface area (Å²) in [5.74, 6) is -5.31. The largest absolute Gasteiger partial charge is 0.462 e. The van der Waals surface area contributed by atoms with Crippen molar-refractivity contribution in [1.29, 1.82) is 0 Å². The average Bonchev–Trinajstić information content (AvgIpc) is 2.32. The molecule has 0 heterocycles. The topological polar surface area (TPSA) is 52.3 Å². The zero-order valence-corrected chi connectivity index (χ0v) is 10.7. The van der Waals surface area contributed by atoms with Crippen molar-refractivity contribution < 1.29 is 18.3 Å². The molecule has 0 spiro atoms. The van der Waals surface area contributed by atoms with Crippen molar-refractivity contribution in [2.45, 2.75) is 32.7 Å². The Morgan fingerprint density at radius 1 is 1.44 bits per heavy atom. The third kappa shape index (κ3) is 2.67. The monoisotopic (exact) mass is 257 g/mol. The number of nitrogens with two attached hydrogens (primary N) is 1. The summed E-state index contributed by atoms with van der Waals surface area (Å²) >= 11 is 0. The van der Waals surface area contributed by atoms with Crippen LogP contribution in [0.3, 0.4) is 0 Å². The second-order valence-corrected chi connectivity index (χ2v) is 4.11. The van der Waals surface area contributed by atoms with E-state index in [0.29, 0.717) is 5.56 Å². The summed E-state index contributed by atoms with van der Waals surface area (Å²) in [6.07, 6.45) is 0. The highest BCUT2D eigenvalue weighted by atomic mass is 19.3. The number of carbonyl (C=O) groups excluding carboxylic acids is 1. The predicted molar refractivity (Wildman–Crippen MR) is 64.4 cm³/mol. The van der Waals surface area contributed by atoms with Crippen LogP contribution >= 0.6 is 0 Å². The Morgan fingerprint density at radius 3 is 2.61 bits per heavy atom. The second kappa shape index (κ2) is 5.44. The highest BCUT2D eigenvalue weighted by Gasteiger charge is 2.48. The quantitative estimate of drug-likeness (QED) is 0.843. The molecule has 100 valence electrons. The van der Waals surface area contributed by atoms with Gasteiger partial charge in [0.2, 0.25) is 0 Å². The van der Waals surface area contributed by atoms with E-state index in [2.05, 4.69) is 4.74 Å². The zero-order chi connectivity index (χ0) is 13.9. The minimum atomic E-state index is -3.73. The van der Waals surface area contributed by atoms with E-state index in [4.69, 9.17) is 5.73 Å². The highest BCUT2D eigenvalue weighted by molar-refractivity contribution is 5.79. The van der Waals surface area contributed by atoms with Gasteiger partial charge in [-0.05, 0) is 37.5 Å². The van der Waals surface area contributed by atoms with E-state index < -0.39 is 17.9 Å². The molecule has 0 saturated carbocycles.